The molecule has 0 radical (unpaired) electrons. The average molecular weight is 958 g/mol. The monoisotopic (exact) mass is 958 g/mol. The first-order chi connectivity index (χ1) is 33.8. The zero-order valence-corrected chi connectivity index (χ0v) is 42.7. The van der Waals surface area contributed by atoms with Crippen LogP contribution in [0.3, 0.4) is 0 Å². The van der Waals surface area contributed by atoms with Crippen molar-refractivity contribution in [2.24, 2.45) is 0 Å². The number of aliphatic hydroxyl groups excluding tert-OH is 5. The Kier molecular flexibility index (Phi) is 43.6. The number of ether oxygens (including phenoxy) is 2. The molecule has 1 fully saturated rings. The normalized spacial score (nSPS) is 20.7. The van der Waals surface area contributed by atoms with Crippen LogP contribution < -0.4 is 5.32 Å². The average Bonchev–Trinajstić information content (AvgIpc) is 3.35. The lowest BCUT2D eigenvalue weighted by molar-refractivity contribution is -0.302. The highest BCUT2D eigenvalue weighted by Gasteiger charge is 2.44. The summed E-state index contributed by atoms with van der Waals surface area (Å²) in [5, 5.41) is 54.1. The molecule has 388 valence electrons. The molecule has 0 aromatic heterocycles. The van der Waals surface area contributed by atoms with Crippen LogP contribution in [-0.2, 0) is 14.3 Å². The minimum Gasteiger partial charge on any atom is -0.394 e. The Balaban J connectivity index is 2.21. The van der Waals surface area contributed by atoms with Gasteiger partial charge in [0.25, 0.3) is 0 Å². The molecule has 1 heterocycles. The van der Waals surface area contributed by atoms with E-state index in [-0.39, 0.29) is 12.5 Å². The largest absolute Gasteiger partial charge is 0.394 e. The van der Waals surface area contributed by atoms with Crippen molar-refractivity contribution in [2.45, 2.75) is 211 Å². The van der Waals surface area contributed by atoms with Crippen LogP contribution in [0.1, 0.15) is 168 Å². The van der Waals surface area contributed by atoms with Crippen LogP contribution in [0, 0.1) is 0 Å². The first-order valence-corrected chi connectivity index (χ1v) is 26.6. The van der Waals surface area contributed by atoms with Crippen molar-refractivity contribution < 1.29 is 39.8 Å². The topological polar surface area (TPSA) is 149 Å². The van der Waals surface area contributed by atoms with E-state index < -0.39 is 49.5 Å². The highest BCUT2D eigenvalue weighted by atomic mass is 16.7. The molecule has 0 saturated carbocycles. The first kappa shape index (κ1) is 63.1. The molecule has 1 amide bonds. The number of unbranched alkanes of at least 4 members (excludes halogenated alkanes) is 10. The second-order valence-corrected chi connectivity index (χ2v) is 17.6. The van der Waals surface area contributed by atoms with E-state index in [4.69, 9.17) is 9.47 Å². The van der Waals surface area contributed by atoms with Crippen molar-refractivity contribution in [1.82, 2.24) is 5.32 Å². The van der Waals surface area contributed by atoms with Crippen LogP contribution in [-0.4, -0.2) is 87.5 Å². The molecule has 0 aliphatic carbocycles. The number of hydrogen-bond acceptors (Lipinski definition) is 8. The van der Waals surface area contributed by atoms with Crippen LogP contribution in [0.15, 0.2) is 146 Å². The van der Waals surface area contributed by atoms with Gasteiger partial charge in [0.2, 0.25) is 5.91 Å². The number of hydrogen-bond donors (Lipinski definition) is 6. The highest BCUT2D eigenvalue weighted by Crippen LogP contribution is 2.22. The van der Waals surface area contributed by atoms with Crippen LogP contribution in [0.2, 0.25) is 0 Å². The number of aliphatic hydroxyl groups is 5. The van der Waals surface area contributed by atoms with Crippen molar-refractivity contribution in [3.8, 4) is 0 Å². The number of carbonyl (C=O) groups is 1. The summed E-state index contributed by atoms with van der Waals surface area (Å²) >= 11 is 0. The Labute approximate surface area is 419 Å². The van der Waals surface area contributed by atoms with E-state index in [1.165, 1.54) is 32.1 Å². The van der Waals surface area contributed by atoms with Crippen molar-refractivity contribution >= 4 is 5.91 Å². The minimum absolute atomic E-state index is 0.212. The molecule has 9 heteroatoms. The Hall–Kier alpha value is -3.93. The quantitative estimate of drug-likeness (QED) is 0.0262. The van der Waals surface area contributed by atoms with Crippen molar-refractivity contribution in [2.75, 3.05) is 13.2 Å². The fourth-order valence-electron chi connectivity index (χ4n) is 7.22. The molecule has 0 aromatic rings. The lowest BCUT2D eigenvalue weighted by Crippen LogP contribution is -2.60. The molecule has 0 bridgehead atoms. The summed E-state index contributed by atoms with van der Waals surface area (Å²) in [6, 6.07) is -0.831. The van der Waals surface area contributed by atoms with Crippen LogP contribution in [0.25, 0.3) is 0 Å². The second kappa shape index (κ2) is 47.7. The van der Waals surface area contributed by atoms with Gasteiger partial charge in [0, 0.05) is 6.42 Å². The molecule has 0 aromatic carbocycles. The lowest BCUT2D eigenvalue weighted by Gasteiger charge is -2.40. The van der Waals surface area contributed by atoms with Gasteiger partial charge in [0.15, 0.2) is 6.29 Å². The third-order valence-corrected chi connectivity index (χ3v) is 11.4. The van der Waals surface area contributed by atoms with Gasteiger partial charge in [-0.05, 0) is 103 Å². The van der Waals surface area contributed by atoms with Crippen LogP contribution >= 0.6 is 0 Å². The fraction of sp³-hybridized carbons (Fsp3) is 0.583. The van der Waals surface area contributed by atoms with Gasteiger partial charge in [-0.2, -0.15) is 0 Å². The van der Waals surface area contributed by atoms with Gasteiger partial charge in [-0.1, -0.05) is 205 Å². The van der Waals surface area contributed by atoms with Gasteiger partial charge < -0.3 is 40.3 Å². The maximum absolute atomic E-state index is 12.9. The molecule has 1 rings (SSSR count). The highest BCUT2D eigenvalue weighted by molar-refractivity contribution is 5.76. The molecular weight excluding hydrogens is 863 g/mol. The number of nitrogens with one attached hydrogen (secondary N) is 1. The van der Waals surface area contributed by atoms with Gasteiger partial charge in [-0.25, -0.2) is 0 Å². The van der Waals surface area contributed by atoms with Crippen molar-refractivity contribution in [3.05, 3.63) is 146 Å². The minimum atomic E-state index is -1.58. The van der Waals surface area contributed by atoms with Gasteiger partial charge in [-0.15, -0.1) is 0 Å². The zero-order chi connectivity index (χ0) is 50.1. The maximum Gasteiger partial charge on any atom is 0.220 e. The molecule has 7 unspecified atom stereocenters. The maximum atomic E-state index is 12.9. The predicted octanol–water partition coefficient (Wildman–Crippen LogP) is 12.7. The second-order valence-electron chi connectivity index (χ2n) is 17.6. The standard InChI is InChI=1S/C60H95NO8/c1-3-5-7-9-11-13-14-15-16-17-18-19-20-21-22-23-24-25-26-27-28-29-30-31-32-33-34-35-36-37-38-39-40-42-44-46-48-50-56(64)61-53(54(63)49-47-45-43-41-12-10-8-6-4-2)52-68-60-59(67)58(66)57(65)55(51-62)69-60/h5,7,11,13,15-16,18-19,21-22,24-25,27-28,30-31,33-34,36-37,39-40,47,49,53-55,57-60,62-63,65-67H,3-4,6,8-10,12,14,17,20,23,26,29,32,35,38,41-46,48,50-52H2,1-2H3,(H,61,64)/b7-5-,13-11-,16-15-,19-18-,22-21-,25-24-,28-27-,31-30-,34-33-,37-36-,40-39-,49-47+. The molecule has 1 saturated heterocycles. The number of amides is 1. The van der Waals surface area contributed by atoms with Gasteiger partial charge in [0.1, 0.15) is 24.4 Å². The smallest absolute Gasteiger partial charge is 0.220 e. The molecule has 0 spiro atoms. The molecule has 6 N–H and O–H groups in total. The summed E-state index contributed by atoms with van der Waals surface area (Å²) in [7, 11) is 0. The van der Waals surface area contributed by atoms with E-state index in [1.807, 2.05) is 6.08 Å². The third-order valence-electron chi connectivity index (χ3n) is 11.4. The Morgan fingerprint density at radius 2 is 0.899 bits per heavy atom. The Morgan fingerprint density at radius 3 is 1.33 bits per heavy atom. The van der Waals surface area contributed by atoms with Crippen LogP contribution in [0.4, 0.5) is 0 Å². The van der Waals surface area contributed by atoms with Gasteiger partial charge >= 0.3 is 0 Å². The van der Waals surface area contributed by atoms with E-state index in [0.717, 1.165) is 109 Å². The van der Waals surface area contributed by atoms with E-state index in [2.05, 4.69) is 153 Å². The zero-order valence-electron chi connectivity index (χ0n) is 42.7. The third kappa shape index (κ3) is 37.6. The summed E-state index contributed by atoms with van der Waals surface area (Å²) in [4.78, 5) is 12.9. The Bertz CT molecular complexity index is 1580. The molecule has 9 nitrogen and oxygen atoms in total. The summed E-state index contributed by atoms with van der Waals surface area (Å²) in [5.74, 6) is -0.219. The van der Waals surface area contributed by atoms with Crippen molar-refractivity contribution in [1.29, 1.82) is 0 Å². The van der Waals surface area contributed by atoms with Gasteiger partial charge in [-0.3, -0.25) is 4.79 Å². The number of carbonyl (C=O) groups excluding carboxylic acids is 1. The summed E-state index contributed by atoms with van der Waals surface area (Å²) in [6.07, 6.45) is 67.8. The molecule has 7 atom stereocenters. The summed E-state index contributed by atoms with van der Waals surface area (Å²) in [6.45, 7) is 3.57. The molecule has 69 heavy (non-hydrogen) atoms. The lowest BCUT2D eigenvalue weighted by atomic mass is 9.99. The summed E-state index contributed by atoms with van der Waals surface area (Å²) < 4.78 is 11.2. The molecule has 1 aliphatic rings. The van der Waals surface area contributed by atoms with Crippen molar-refractivity contribution in [3.63, 3.8) is 0 Å². The number of rotatable bonds is 42. The van der Waals surface area contributed by atoms with E-state index in [9.17, 15) is 30.3 Å². The molecular formula is C60H95NO8. The Morgan fingerprint density at radius 1 is 0.507 bits per heavy atom. The molecule has 1 aliphatic heterocycles. The SMILES string of the molecule is CC/C=C\C/C=C\C/C=C\C/C=C\C/C=C\C/C=C\C/C=C\C/C=C\C/C=C\C/C=C\C/C=C\CCCCCC(=O)NC(COC1OC(CO)C(O)C(O)C1O)C(O)/C=C/CCCCCCCCC. The van der Waals surface area contributed by atoms with Crippen LogP contribution in [0.5, 0.6) is 0 Å². The number of allylic oxidation sites excluding steroid dienone is 23. The van der Waals surface area contributed by atoms with E-state index in [1.54, 1.807) is 6.08 Å². The first-order valence-electron chi connectivity index (χ1n) is 26.6. The van der Waals surface area contributed by atoms with E-state index in [0.29, 0.717) is 12.8 Å². The van der Waals surface area contributed by atoms with E-state index >= 15 is 0 Å². The fourth-order valence-corrected chi connectivity index (χ4v) is 7.22. The predicted molar refractivity (Wildman–Crippen MR) is 289 cm³/mol. The summed E-state index contributed by atoms with van der Waals surface area (Å²) in [5.41, 5.74) is 0. The van der Waals surface area contributed by atoms with Gasteiger partial charge in [0.05, 0.1) is 25.4 Å².